The molecule has 36 heavy (non-hydrogen) atoms. The van der Waals surface area contributed by atoms with Gasteiger partial charge >= 0.3 is 12.4 Å². The zero-order valence-electron chi connectivity index (χ0n) is 19.3. The Bertz CT molecular complexity index is 1230. The smallest absolute Gasteiger partial charge is 0.384 e. The van der Waals surface area contributed by atoms with E-state index in [2.05, 4.69) is 9.97 Å². The lowest BCUT2D eigenvalue weighted by Crippen LogP contribution is -2.05. The van der Waals surface area contributed by atoms with Gasteiger partial charge in [0, 0.05) is 36.6 Å². The molecule has 0 aliphatic heterocycles. The van der Waals surface area contributed by atoms with Crippen molar-refractivity contribution >= 4 is 0 Å². The van der Waals surface area contributed by atoms with Gasteiger partial charge in [-0.3, -0.25) is 0 Å². The molecule has 0 fully saturated rings. The van der Waals surface area contributed by atoms with Crippen molar-refractivity contribution in [2.24, 2.45) is 0 Å². The largest absolute Gasteiger partial charge is 0.434 e. The van der Waals surface area contributed by atoms with Crippen molar-refractivity contribution in [3.63, 3.8) is 0 Å². The summed E-state index contributed by atoms with van der Waals surface area (Å²) in [5, 5.41) is 10.8. The highest BCUT2D eigenvalue weighted by atomic mass is 19.4. The van der Waals surface area contributed by atoms with Crippen LogP contribution in [0.15, 0.2) is 60.9 Å². The maximum absolute atomic E-state index is 13.1. The van der Waals surface area contributed by atoms with Crippen molar-refractivity contribution in [3.8, 4) is 22.8 Å². The Morgan fingerprint density at radius 3 is 1.28 bits per heavy atom. The van der Waals surface area contributed by atoms with Crippen LogP contribution < -0.4 is 0 Å². The molecule has 0 bridgehead atoms. The Labute approximate surface area is 202 Å². The fraction of sp³-hybridized carbons (Fsp3) is 0.280. The lowest BCUT2D eigenvalue weighted by Gasteiger charge is -2.13. The van der Waals surface area contributed by atoms with E-state index in [9.17, 15) is 31.4 Å². The molecule has 4 aromatic rings. The normalized spacial score (nSPS) is 12.5. The lowest BCUT2D eigenvalue weighted by molar-refractivity contribution is -0.141. The van der Waals surface area contributed by atoms with Gasteiger partial charge < -0.3 is 14.2 Å². The van der Waals surface area contributed by atoms with Crippen molar-refractivity contribution in [2.75, 3.05) is 0 Å². The molecule has 0 unspecified atom stereocenters. The van der Waals surface area contributed by atoms with Crippen LogP contribution in [-0.2, 0) is 25.4 Å². The van der Waals surface area contributed by atoms with E-state index in [1.807, 2.05) is 0 Å². The number of aliphatic hydroxyl groups is 1. The third-order valence-corrected chi connectivity index (χ3v) is 5.78. The van der Waals surface area contributed by atoms with E-state index in [0.717, 1.165) is 12.4 Å². The first kappa shape index (κ1) is 25.5. The molecule has 0 amide bonds. The number of nitrogens with zero attached hydrogens (tertiary/aromatic N) is 4. The molecule has 11 heteroatoms. The van der Waals surface area contributed by atoms with Crippen LogP contribution in [0.1, 0.15) is 42.5 Å². The number of aryl methyl sites for hydroxylation is 2. The third-order valence-electron chi connectivity index (χ3n) is 5.78. The summed E-state index contributed by atoms with van der Waals surface area (Å²) in [6.07, 6.45) is -8.25. The van der Waals surface area contributed by atoms with Gasteiger partial charge in [0.2, 0.25) is 0 Å². The molecule has 5 nitrogen and oxygen atoms in total. The van der Waals surface area contributed by atoms with Crippen LogP contribution in [0, 0.1) is 0 Å². The van der Waals surface area contributed by atoms with Crippen LogP contribution in [0.5, 0.6) is 0 Å². The van der Waals surface area contributed by atoms with Crippen LogP contribution in [0.4, 0.5) is 26.3 Å². The highest BCUT2D eigenvalue weighted by Crippen LogP contribution is 2.33. The SMILES string of the molecule is CCn1cc(C(F)(F)F)nc1-c1ccc(C(O)c2ccc(-c3nc(C(F)(F)F)cn3CC)cc2)cc1. The van der Waals surface area contributed by atoms with Gasteiger partial charge in [-0.15, -0.1) is 0 Å². The van der Waals surface area contributed by atoms with E-state index >= 15 is 0 Å². The average Bonchev–Trinajstić information content (AvgIpc) is 3.48. The summed E-state index contributed by atoms with van der Waals surface area (Å²) in [4.78, 5) is 7.44. The standard InChI is InChI=1S/C25H22F6N4O/c1-3-34-13-19(24(26,27)28)32-22(34)17-9-5-15(6-10-17)21(36)16-7-11-18(12-8-16)23-33-20(25(29,30)31)14-35(23)4-2/h5-14,21,36H,3-4H2,1-2H3. The second-order valence-corrected chi connectivity index (χ2v) is 8.11. The van der Waals surface area contributed by atoms with Crippen molar-refractivity contribution < 1.29 is 31.4 Å². The molecule has 2 heterocycles. The molecule has 0 atom stereocenters. The minimum Gasteiger partial charge on any atom is -0.384 e. The van der Waals surface area contributed by atoms with Gasteiger partial charge in [0.15, 0.2) is 11.4 Å². The summed E-state index contributed by atoms with van der Waals surface area (Å²) < 4.78 is 81.2. The van der Waals surface area contributed by atoms with Crippen LogP contribution in [0.2, 0.25) is 0 Å². The lowest BCUT2D eigenvalue weighted by atomic mass is 9.99. The Kier molecular flexibility index (Phi) is 6.70. The van der Waals surface area contributed by atoms with Gasteiger partial charge in [-0.2, -0.15) is 26.3 Å². The zero-order valence-corrected chi connectivity index (χ0v) is 19.3. The number of alkyl halides is 6. The maximum atomic E-state index is 13.1. The topological polar surface area (TPSA) is 55.9 Å². The number of hydrogen-bond donors (Lipinski definition) is 1. The molecule has 0 aliphatic rings. The van der Waals surface area contributed by atoms with Crippen molar-refractivity contribution in [3.05, 3.63) is 83.4 Å². The summed E-state index contributed by atoms with van der Waals surface area (Å²) >= 11 is 0. The van der Waals surface area contributed by atoms with Crippen LogP contribution in [0.3, 0.4) is 0 Å². The van der Waals surface area contributed by atoms with E-state index < -0.39 is 29.8 Å². The predicted octanol–water partition coefficient (Wildman–Crippen LogP) is 6.57. The van der Waals surface area contributed by atoms with E-state index in [1.165, 1.54) is 9.13 Å². The molecule has 2 aromatic carbocycles. The first-order chi connectivity index (χ1) is 16.9. The van der Waals surface area contributed by atoms with Crippen LogP contribution in [0.25, 0.3) is 22.8 Å². The fourth-order valence-electron chi connectivity index (χ4n) is 3.87. The Morgan fingerprint density at radius 1 is 0.667 bits per heavy atom. The van der Waals surface area contributed by atoms with Crippen LogP contribution in [-0.4, -0.2) is 24.2 Å². The van der Waals surface area contributed by atoms with E-state index in [1.54, 1.807) is 62.4 Å². The van der Waals surface area contributed by atoms with Crippen molar-refractivity contribution in [1.82, 2.24) is 19.1 Å². The number of rotatable bonds is 6. The van der Waals surface area contributed by atoms with Gasteiger partial charge in [-0.05, 0) is 25.0 Å². The van der Waals surface area contributed by atoms with Crippen LogP contribution >= 0.6 is 0 Å². The molecule has 4 rings (SSSR count). The molecule has 0 saturated carbocycles. The first-order valence-electron chi connectivity index (χ1n) is 11.1. The number of imidazole rings is 2. The summed E-state index contributed by atoms with van der Waals surface area (Å²) in [5.41, 5.74) is -0.0432. The minimum atomic E-state index is -4.56. The highest BCUT2D eigenvalue weighted by molar-refractivity contribution is 5.59. The van der Waals surface area contributed by atoms with Crippen molar-refractivity contribution in [2.45, 2.75) is 45.4 Å². The fourth-order valence-corrected chi connectivity index (χ4v) is 3.87. The molecule has 190 valence electrons. The van der Waals surface area contributed by atoms with Crippen molar-refractivity contribution in [1.29, 1.82) is 0 Å². The van der Waals surface area contributed by atoms with E-state index in [-0.39, 0.29) is 11.6 Å². The molecular weight excluding hydrogens is 486 g/mol. The van der Waals surface area contributed by atoms with Gasteiger partial charge in [0.25, 0.3) is 0 Å². The van der Waals surface area contributed by atoms with Gasteiger partial charge in [-0.1, -0.05) is 48.5 Å². The number of aliphatic hydroxyl groups excluding tert-OH is 1. The van der Waals surface area contributed by atoms with E-state index in [4.69, 9.17) is 0 Å². The summed E-state index contributed by atoms with van der Waals surface area (Å²) in [5.74, 6) is 0.333. The predicted molar refractivity (Wildman–Crippen MR) is 121 cm³/mol. The molecular formula is C25H22F6N4O. The quantitative estimate of drug-likeness (QED) is 0.300. The summed E-state index contributed by atoms with van der Waals surface area (Å²) in [6, 6.07) is 12.7. The Hall–Kier alpha value is -3.60. The number of hydrogen-bond acceptors (Lipinski definition) is 3. The van der Waals surface area contributed by atoms with E-state index in [0.29, 0.717) is 35.3 Å². The molecule has 2 aromatic heterocycles. The van der Waals surface area contributed by atoms with Gasteiger partial charge in [0.1, 0.15) is 17.8 Å². The molecule has 0 radical (unpaired) electrons. The second-order valence-electron chi connectivity index (χ2n) is 8.11. The zero-order chi connectivity index (χ0) is 26.3. The second kappa shape index (κ2) is 9.45. The molecule has 0 aliphatic carbocycles. The minimum absolute atomic E-state index is 0.167. The maximum Gasteiger partial charge on any atom is 0.434 e. The summed E-state index contributed by atoms with van der Waals surface area (Å²) in [7, 11) is 0. The third kappa shape index (κ3) is 5.01. The molecule has 0 spiro atoms. The van der Waals surface area contributed by atoms with Gasteiger partial charge in [0.05, 0.1) is 0 Å². The molecule has 0 saturated heterocycles. The Balaban J connectivity index is 1.57. The Morgan fingerprint density at radius 2 is 1.00 bits per heavy atom. The number of aromatic nitrogens is 4. The molecule has 1 N–H and O–H groups in total. The average molecular weight is 508 g/mol. The number of benzene rings is 2. The van der Waals surface area contributed by atoms with Gasteiger partial charge in [-0.25, -0.2) is 9.97 Å². The summed E-state index contributed by atoms with van der Waals surface area (Å²) in [6.45, 7) is 4.03. The first-order valence-corrected chi connectivity index (χ1v) is 11.1. The highest BCUT2D eigenvalue weighted by Gasteiger charge is 2.35. The number of halogens is 6. The monoisotopic (exact) mass is 508 g/mol.